The molecule has 2 aliphatic rings. The molecule has 0 saturated carbocycles. The van der Waals surface area contributed by atoms with Crippen molar-refractivity contribution < 1.29 is 4.79 Å². The number of hydrogen-bond donors (Lipinski definition) is 0. The Balaban J connectivity index is 2.25. The first-order valence-electron chi connectivity index (χ1n) is 10.2. The molecule has 0 bridgehead atoms. The second kappa shape index (κ2) is 9.33. The van der Waals surface area contributed by atoms with Crippen molar-refractivity contribution in [2.75, 3.05) is 44.7 Å². The van der Waals surface area contributed by atoms with Gasteiger partial charge in [-0.3, -0.25) is 19.1 Å². The number of nitrogens with zero attached hydrogens (tertiary/aromatic N) is 5. The van der Waals surface area contributed by atoms with Crippen LogP contribution < -0.4 is 10.5 Å². The van der Waals surface area contributed by atoms with Crippen LogP contribution in [0.4, 0.5) is 5.82 Å². The number of nitriles is 1. The van der Waals surface area contributed by atoms with Crippen molar-refractivity contribution in [2.24, 2.45) is 0 Å². The van der Waals surface area contributed by atoms with Crippen LogP contribution in [0.2, 0.25) is 0 Å². The molecule has 0 N–H and O–H groups in total. The second-order valence-corrected chi connectivity index (χ2v) is 9.20. The fourth-order valence-electron chi connectivity index (χ4n) is 3.84. The Morgan fingerprint density at radius 1 is 1.20 bits per heavy atom. The molecule has 1 aromatic heterocycles. The Bertz CT molecular complexity index is 1000. The molecule has 1 aromatic rings. The first kappa shape index (κ1) is 22.5. The molecule has 0 radical (unpaired) electrons. The quantitative estimate of drug-likeness (QED) is 0.509. The first-order valence-corrected chi connectivity index (χ1v) is 11.4. The van der Waals surface area contributed by atoms with E-state index in [4.69, 9.17) is 12.2 Å². The molecule has 0 atom stereocenters. The highest BCUT2D eigenvalue weighted by Crippen LogP contribution is 2.35. The first-order chi connectivity index (χ1) is 14.3. The Morgan fingerprint density at radius 2 is 1.87 bits per heavy atom. The summed E-state index contributed by atoms with van der Waals surface area (Å²) in [6, 6.07) is 2.09. The third-order valence-electron chi connectivity index (χ3n) is 5.56. The van der Waals surface area contributed by atoms with Crippen molar-refractivity contribution in [3.05, 3.63) is 31.9 Å². The van der Waals surface area contributed by atoms with Gasteiger partial charge >= 0.3 is 0 Å². The Labute approximate surface area is 186 Å². The minimum absolute atomic E-state index is 0.122. The van der Waals surface area contributed by atoms with E-state index in [1.54, 1.807) is 16.4 Å². The Hall–Kier alpha value is -2.15. The molecule has 2 fully saturated rings. The Kier molecular flexibility index (Phi) is 7.01. The molecular formula is C21H27N5O2S2. The zero-order chi connectivity index (χ0) is 22.0. The number of carbonyl (C=O) groups excluding carboxylic acids is 1. The molecule has 0 unspecified atom stereocenters. The van der Waals surface area contributed by atoms with Gasteiger partial charge in [0.15, 0.2) is 0 Å². The summed E-state index contributed by atoms with van der Waals surface area (Å²) in [5, 5.41) is 9.68. The van der Waals surface area contributed by atoms with Crippen molar-refractivity contribution in [1.82, 2.24) is 14.4 Å². The molecule has 0 aromatic carbocycles. The van der Waals surface area contributed by atoms with Gasteiger partial charge in [-0.05, 0) is 39.0 Å². The lowest BCUT2D eigenvalue weighted by molar-refractivity contribution is -0.121. The normalized spacial score (nSPS) is 19.1. The van der Waals surface area contributed by atoms with E-state index in [0.717, 1.165) is 44.0 Å². The topological polar surface area (TPSA) is 72.6 Å². The monoisotopic (exact) mass is 445 g/mol. The molecular weight excluding hydrogens is 418 g/mol. The van der Waals surface area contributed by atoms with Crippen molar-refractivity contribution in [3.8, 4) is 6.07 Å². The van der Waals surface area contributed by atoms with Crippen LogP contribution >= 0.6 is 24.0 Å². The minimum Gasteiger partial charge on any atom is -0.355 e. The highest BCUT2D eigenvalue weighted by Gasteiger charge is 2.32. The maximum atomic E-state index is 13.1. The van der Waals surface area contributed by atoms with Crippen LogP contribution in [-0.2, 0) is 11.3 Å². The van der Waals surface area contributed by atoms with Gasteiger partial charge in [0.05, 0.1) is 4.91 Å². The SMILES string of the molecule is CCCn1c(N2CCN(C)CC2)c(/C=C2/SC(=S)N(CC)C2=O)c(C)c(C#N)c1=O. The number of amides is 1. The summed E-state index contributed by atoms with van der Waals surface area (Å²) in [7, 11) is 2.08. The van der Waals surface area contributed by atoms with Gasteiger partial charge < -0.3 is 9.80 Å². The third kappa shape index (κ3) is 4.04. The summed E-state index contributed by atoms with van der Waals surface area (Å²) in [5.74, 6) is 0.677. The highest BCUT2D eigenvalue weighted by molar-refractivity contribution is 8.26. The smallest absolute Gasteiger partial charge is 0.270 e. The summed E-state index contributed by atoms with van der Waals surface area (Å²) in [6.45, 7) is 10.1. The molecule has 1 amide bonds. The molecule has 0 spiro atoms. The molecule has 7 nitrogen and oxygen atoms in total. The lowest BCUT2D eigenvalue weighted by atomic mass is 10.0. The van der Waals surface area contributed by atoms with Crippen LogP contribution in [-0.4, -0.2) is 64.4 Å². The van der Waals surface area contributed by atoms with E-state index in [2.05, 4.69) is 22.9 Å². The molecule has 9 heteroatoms. The van der Waals surface area contributed by atoms with Gasteiger partial charge in [-0.1, -0.05) is 30.9 Å². The molecule has 2 saturated heterocycles. The van der Waals surface area contributed by atoms with Crippen LogP contribution in [0.15, 0.2) is 9.70 Å². The third-order valence-corrected chi connectivity index (χ3v) is 6.94. The second-order valence-electron chi connectivity index (χ2n) is 7.52. The zero-order valence-corrected chi connectivity index (χ0v) is 19.5. The van der Waals surface area contributed by atoms with Crippen molar-refractivity contribution in [2.45, 2.75) is 33.7 Å². The van der Waals surface area contributed by atoms with Gasteiger partial charge in [0, 0.05) is 44.8 Å². The number of carbonyl (C=O) groups is 1. The van der Waals surface area contributed by atoms with Gasteiger partial charge in [0.1, 0.15) is 21.8 Å². The predicted octanol–water partition coefficient (Wildman–Crippen LogP) is 2.41. The largest absolute Gasteiger partial charge is 0.355 e. The van der Waals surface area contributed by atoms with Gasteiger partial charge in [-0.25, -0.2) is 0 Å². The summed E-state index contributed by atoms with van der Waals surface area (Å²) < 4.78 is 2.25. The van der Waals surface area contributed by atoms with Crippen molar-refractivity contribution in [1.29, 1.82) is 5.26 Å². The number of likely N-dealkylation sites (N-methyl/N-ethyl adjacent to an activating group) is 2. The van der Waals surface area contributed by atoms with Crippen LogP contribution in [0, 0.1) is 18.3 Å². The van der Waals surface area contributed by atoms with E-state index in [0.29, 0.717) is 27.9 Å². The van der Waals surface area contributed by atoms with E-state index in [1.807, 2.05) is 19.9 Å². The Morgan fingerprint density at radius 3 is 2.40 bits per heavy atom. The molecule has 2 aliphatic heterocycles. The maximum absolute atomic E-state index is 13.1. The lowest BCUT2D eigenvalue weighted by Crippen LogP contribution is -2.47. The summed E-state index contributed by atoms with van der Waals surface area (Å²) in [5.41, 5.74) is 1.26. The number of thiocarbonyl (C=S) groups is 1. The van der Waals surface area contributed by atoms with E-state index >= 15 is 0 Å². The summed E-state index contributed by atoms with van der Waals surface area (Å²) in [6.07, 6.45) is 2.59. The fourth-order valence-corrected chi connectivity index (χ4v) is 5.20. The lowest BCUT2D eigenvalue weighted by Gasteiger charge is -2.36. The van der Waals surface area contributed by atoms with Gasteiger partial charge in [-0.15, -0.1) is 0 Å². The number of anilines is 1. The molecule has 30 heavy (non-hydrogen) atoms. The van der Waals surface area contributed by atoms with Crippen LogP contribution in [0.5, 0.6) is 0 Å². The average Bonchev–Trinajstić information content (AvgIpc) is 2.99. The number of thioether (sulfide) groups is 1. The van der Waals surface area contributed by atoms with Crippen LogP contribution in [0.3, 0.4) is 0 Å². The zero-order valence-electron chi connectivity index (χ0n) is 17.9. The standard InChI is InChI=1S/C21H27N5O2S2/c1-5-7-26-18(24-10-8-23(4)9-11-24)15(14(3)16(13-22)19(26)27)12-17-20(28)25(6-2)21(29)30-17/h12H,5-11H2,1-4H3/b17-12+. The van der Waals surface area contributed by atoms with Crippen LogP contribution in [0.25, 0.3) is 6.08 Å². The number of piperazine rings is 1. The van der Waals surface area contributed by atoms with Gasteiger partial charge in [-0.2, -0.15) is 5.26 Å². The number of rotatable bonds is 5. The van der Waals surface area contributed by atoms with Crippen LogP contribution in [0.1, 0.15) is 37.0 Å². The van der Waals surface area contributed by atoms with E-state index in [-0.39, 0.29) is 17.0 Å². The fraction of sp³-hybridized carbons (Fsp3) is 0.524. The average molecular weight is 446 g/mol. The molecule has 0 aliphatic carbocycles. The summed E-state index contributed by atoms with van der Waals surface area (Å²) in [4.78, 5) is 32.5. The van der Waals surface area contributed by atoms with Crippen molar-refractivity contribution in [3.63, 3.8) is 0 Å². The van der Waals surface area contributed by atoms with E-state index in [9.17, 15) is 14.9 Å². The van der Waals surface area contributed by atoms with E-state index < -0.39 is 0 Å². The van der Waals surface area contributed by atoms with Crippen molar-refractivity contribution >= 4 is 46.1 Å². The summed E-state index contributed by atoms with van der Waals surface area (Å²) >= 11 is 6.63. The molecule has 160 valence electrons. The molecule has 3 rings (SSSR count). The highest BCUT2D eigenvalue weighted by atomic mass is 32.2. The maximum Gasteiger partial charge on any atom is 0.270 e. The number of hydrogen-bond acceptors (Lipinski definition) is 7. The number of aromatic nitrogens is 1. The minimum atomic E-state index is -0.260. The predicted molar refractivity (Wildman–Crippen MR) is 126 cm³/mol. The van der Waals surface area contributed by atoms with Gasteiger partial charge in [0.2, 0.25) is 0 Å². The molecule has 3 heterocycles. The number of pyridine rings is 1. The van der Waals surface area contributed by atoms with Gasteiger partial charge in [0.25, 0.3) is 11.5 Å². The van der Waals surface area contributed by atoms with E-state index in [1.165, 1.54) is 11.8 Å².